The van der Waals surface area contributed by atoms with Crippen LogP contribution in [-0.2, 0) is 6.18 Å². The summed E-state index contributed by atoms with van der Waals surface area (Å²) in [7, 11) is 2.08. The number of piperidine rings is 1. The third-order valence-electron chi connectivity index (χ3n) is 8.12. The van der Waals surface area contributed by atoms with Gasteiger partial charge in [0, 0.05) is 48.4 Å². The second-order valence-corrected chi connectivity index (χ2v) is 11.0. The highest BCUT2D eigenvalue weighted by molar-refractivity contribution is 5.97. The van der Waals surface area contributed by atoms with E-state index in [4.69, 9.17) is 9.97 Å². The summed E-state index contributed by atoms with van der Waals surface area (Å²) in [6.07, 6.45) is 5.03. The summed E-state index contributed by atoms with van der Waals surface area (Å²) in [5, 5.41) is 4.83. The van der Waals surface area contributed by atoms with Crippen LogP contribution in [0.4, 0.5) is 19.0 Å². The Labute approximate surface area is 212 Å². The fourth-order valence-electron chi connectivity index (χ4n) is 5.89. The average Bonchev–Trinajstić information content (AvgIpc) is 3.27. The number of aromatic amines is 1. The van der Waals surface area contributed by atoms with Crippen molar-refractivity contribution in [2.24, 2.45) is 5.41 Å². The number of nitrogens with zero attached hydrogens (tertiary/aromatic N) is 5. The van der Waals surface area contributed by atoms with Gasteiger partial charge in [0.1, 0.15) is 17.2 Å². The lowest BCUT2D eigenvalue weighted by atomic mass is 9.78. The Kier molecular flexibility index (Phi) is 5.63. The third-order valence-corrected chi connectivity index (χ3v) is 8.12. The molecular formula is C27H30F3N7. The molecule has 5 heterocycles. The molecule has 4 aromatic rings. The molecule has 2 aliphatic rings. The van der Waals surface area contributed by atoms with E-state index in [1.165, 1.54) is 12.6 Å². The van der Waals surface area contributed by atoms with Crippen LogP contribution in [0.25, 0.3) is 33.3 Å². The Bertz CT molecular complexity index is 1470. The van der Waals surface area contributed by atoms with Crippen LogP contribution in [0.15, 0.2) is 30.7 Å². The lowest BCUT2D eigenvalue weighted by Crippen LogP contribution is -2.53. The number of nitrogens with one attached hydrogen (secondary N) is 2. The zero-order chi connectivity index (χ0) is 25.9. The molecule has 10 heteroatoms. The fourth-order valence-corrected chi connectivity index (χ4v) is 5.89. The predicted octanol–water partition coefficient (Wildman–Crippen LogP) is 5.68. The zero-order valence-electron chi connectivity index (χ0n) is 21.2. The van der Waals surface area contributed by atoms with E-state index in [0.29, 0.717) is 28.2 Å². The van der Waals surface area contributed by atoms with Crippen molar-refractivity contribution >= 4 is 27.8 Å². The van der Waals surface area contributed by atoms with Crippen molar-refractivity contribution in [1.82, 2.24) is 30.2 Å². The monoisotopic (exact) mass is 509 g/mol. The third kappa shape index (κ3) is 4.11. The van der Waals surface area contributed by atoms with Gasteiger partial charge in [0.2, 0.25) is 0 Å². The number of hydrogen-bond donors (Lipinski definition) is 2. The molecule has 7 nitrogen and oxygen atoms in total. The van der Waals surface area contributed by atoms with Crippen molar-refractivity contribution in [3.8, 4) is 11.4 Å². The van der Waals surface area contributed by atoms with Crippen molar-refractivity contribution in [3.63, 3.8) is 0 Å². The molecule has 0 bridgehead atoms. The molecule has 0 aromatic carbocycles. The van der Waals surface area contributed by atoms with Gasteiger partial charge in [-0.1, -0.05) is 20.3 Å². The maximum Gasteiger partial charge on any atom is 0.431 e. The number of rotatable bonds is 4. The Morgan fingerprint density at radius 1 is 1.11 bits per heavy atom. The summed E-state index contributed by atoms with van der Waals surface area (Å²) in [6, 6.07) is 3.00. The highest BCUT2D eigenvalue weighted by Gasteiger charge is 2.37. The number of H-pyrrole nitrogens is 1. The minimum atomic E-state index is -4.50. The van der Waals surface area contributed by atoms with Crippen LogP contribution in [0.5, 0.6) is 0 Å². The molecule has 2 N–H and O–H groups in total. The summed E-state index contributed by atoms with van der Waals surface area (Å²) in [4.78, 5) is 23.2. The van der Waals surface area contributed by atoms with E-state index in [1.807, 2.05) is 6.20 Å². The van der Waals surface area contributed by atoms with Crippen LogP contribution in [-0.4, -0.2) is 51.1 Å². The van der Waals surface area contributed by atoms with Gasteiger partial charge >= 0.3 is 6.18 Å². The van der Waals surface area contributed by atoms with E-state index in [-0.39, 0.29) is 17.1 Å². The van der Waals surface area contributed by atoms with Gasteiger partial charge in [-0.15, -0.1) is 0 Å². The number of alkyl halides is 3. The number of fused-ring (bicyclic) bond motifs is 2. The van der Waals surface area contributed by atoms with Gasteiger partial charge < -0.3 is 15.2 Å². The molecular weight excluding hydrogens is 479 g/mol. The number of halogens is 3. The maximum atomic E-state index is 13.5. The summed E-state index contributed by atoms with van der Waals surface area (Å²) in [6.45, 7) is 6.32. The fraction of sp³-hybridized carbons (Fsp3) is 0.481. The van der Waals surface area contributed by atoms with E-state index in [2.05, 4.69) is 46.1 Å². The van der Waals surface area contributed by atoms with Crippen LogP contribution in [0.2, 0.25) is 0 Å². The Morgan fingerprint density at radius 2 is 1.92 bits per heavy atom. The van der Waals surface area contributed by atoms with E-state index in [9.17, 15) is 13.2 Å². The van der Waals surface area contributed by atoms with Gasteiger partial charge in [0.15, 0.2) is 5.82 Å². The highest BCUT2D eigenvalue weighted by atomic mass is 19.4. The Morgan fingerprint density at radius 3 is 2.62 bits per heavy atom. The average molecular weight is 510 g/mol. The van der Waals surface area contributed by atoms with Crippen molar-refractivity contribution in [2.75, 3.05) is 25.0 Å². The van der Waals surface area contributed by atoms with E-state index in [1.54, 1.807) is 12.3 Å². The van der Waals surface area contributed by atoms with Gasteiger partial charge in [-0.2, -0.15) is 13.2 Å². The second-order valence-electron chi connectivity index (χ2n) is 11.0. The van der Waals surface area contributed by atoms with Crippen LogP contribution in [0.1, 0.15) is 56.7 Å². The molecule has 0 amide bonds. The molecule has 0 spiro atoms. The normalized spacial score (nSPS) is 20.3. The maximum absolute atomic E-state index is 13.5. The van der Waals surface area contributed by atoms with Gasteiger partial charge in [-0.05, 0) is 54.8 Å². The SMILES string of the molecule is CN(c1nc(-c2ccnc3[nH]c(C(F)(F)F)cc23)nc2cncc(C3CCC3)c12)C1CCNCC1(C)C. The molecule has 1 aliphatic heterocycles. The topological polar surface area (TPSA) is 82.6 Å². The Hall–Kier alpha value is -3.27. The summed E-state index contributed by atoms with van der Waals surface area (Å²) in [5.41, 5.74) is 1.69. The van der Waals surface area contributed by atoms with E-state index in [0.717, 1.165) is 55.2 Å². The first-order valence-corrected chi connectivity index (χ1v) is 12.8. The summed E-state index contributed by atoms with van der Waals surface area (Å²) in [5.74, 6) is 1.60. The van der Waals surface area contributed by atoms with Crippen molar-refractivity contribution in [1.29, 1.82) is 0 Å². The summed E-state index contributed by atoms with van der Waals surface area (Å²) >= 11 is 0. The molecule has 1 atom stereocenters. The number of anilines is 1. The van der Waals surface area contributed by atoms with E-state index >= 15 is 0 Å². The highest BCUT2D eigenvalue weighted by Crippen LogP contribution is 2.43. The number of aromatic nitrogens is 5. The zero-order valence-corrected chi connectivity index (χ0v) is 21.2. The molecule has 1 unspecified atom stereocenters. The molecule has 6 rings (SSSR count). The first kappa shape index (κ1) is 24.1. The minimum Gasteiger partial charge on any atom is -0.355 e. The van der Waals surface area contributed by atoms with Crippen LogP contribution in [0.3, 0.4) is 0 Å². The quantitative estimate of drug-likeness (QED) is 0.368. The van der Waals surface area contributed by atoms with Crippen LogP contribution >= 0.6 is 0 Å². The Balaban J connectivity index is 1.57. The van der Waals surface area contributed by atoms with Gasteiger partial charge in [0.25, 0.3) is 0 Å². The van der Waals surface area contributed by atoms with Gasteiger partial charge in [-0.3, -0.25) is 4.98 Å². The van der Waals surface area contributed by atoms with E-state index < -0.39 is 11.9 Å². The molecule has 194 valence electrons. The minimum absolute atomic E-state index is 0.000279. The molecule has 1 saturated heterocycles. The summed E-state index contributed by atoms with van der Waals surface area (Å²) < 4.78 is 40.4. The lowest BCUT2D eigenvalue weighted by Gasteiger charge is -2.45. The lowest BCUT2D eigenvalue weighted by molar-refractivity contribution is -0.140. The largest absolute Gasteiger partial charge is 0.431 e. The van der Waals surface area contributed by atoms with Gasteiger partial charge in [0.05, 0.1) is 11.7 Å². The van der Waals surface area contributed by atoms with Crippen molar-refractivity contribution < 1.29 is 13.2 Å². The van der Waals surface area contributed by atoms with Crippen LogP contribution < -0.4 is 10.2 Å². The molecule has 37 heavy (non-hydrogen) atoms. The number of pyridine rings is 2. The first-order chi connectivity index (χ1) is 17.6. The van der Waals surface area contributed by atoms with Crippen molar-refractivity contribution in [2.45, 2.75) is 57.7 Å². The predicted molar refractivity (Wildman–Crippen MR) is 137 cm³/mol. The molecule has 2 fully saturated rings. The molecule has 4 aromatic heterocycles. The van der Waals surface area contributed by atoms with Crippen LogP contribution in [0, 0.1) is 5.41 Å². The van der Waals surface area contributed by atoms with Gasteiger partial charge in [-0.25, -0.2) is 15.0 Å². The molecule has 1 aliphatic carbocycles. The second kappa shape index (κ2) is 8.65. The van der Waals surface area contributed by atoms with Crippen molar-refractivity contribution in [3.05, 3.63) is 42.0 Å². The smallest absolute Gasteiger partial charge is 0.355 e. The number of hydrogen-bond acceptors (Lipinski definition) is 6. The molecule has 1 saturated carbocycles. The molecule has 0 radical (unpaired) electrons. The first-order valence-electron chi connectivity index (χ1n) is 12.8. The standard InChI is InChI=1S/C27H30F3N7/c1-26(2)14-31-9-8-21(26)37(3)25-22-18(15-5-4-6-15)12-32-13-19(22)34-24(36-25)16-7-10-33-23-17(16)11-20(35-23)27(28,29)30/h7,10-13,15,21,31H,4-6,8-9,14H2,1-3H3,(H,33,35).